The zero-order valence-electron chi connectivity index (χ0n) is 9.68. The molecule has 82 valence electrons. The molecule has 4 nitrogen and oxygen atoms in total. The van der Waals surface area contributed by atoms with E-state index in [1.165, 1.54) is 0 Å². The van der Waals surface area contributed by atoms with Gasteiger partial charge in [0, 0.05) is 13.1 Å². The Morgan fingerprint density at radius 3 is 2.29 bits per heavy atom. The summed E-state index contributed by atoms with van der Waals surface area (Å²) in [5, 5.41) is 2.88. The summed E-state index contributed by atoms with van der Waals surface area (Å²) in [4.78, 5) is 13.6. The van der Waals surface area contributed by atoms with Gasteiger partial charge in [-0.3, -0.25) is 0 Å². The largest absolute Gasteiger partial charge is 0.444 e. The predicted octanol–water partition coefficient (Wildman–Crippen LogP) is 1.22. The molecule has 0 aliphatic carbocycles. The van der Waals surface area contributed by atoms with E-state index in [1.54, 1.807) is 0 Å². The lowest BCUT2D eigenvalue weighted by molar-refractivity contribution is 0.0258. The Kier molecular flexibility index (Phi) is 2.76. The van der Waals surface area contributed by atoms with Crippen molar-refractivity contribution in [2.24, 2.45) is 0 Å². The standard InChI is InChI=1S/C10H20N2O2/c1-9(2,3)14-8(13)11-10(4)6-12(5)7-10/h6-7H2,1-5H3,(H,11,13). The summed E-state index contributed by atoms with van der Waals surface area (Å²) in [5.41, 5.74) is -0.535. The molecule has 0 saturated carbocycles. The van der Waals surface area contributed by atoms with Crippen molar-refractivity contribution in [1.29, 1.82) is 0 Å². The number of likely N-dealkylation sites (N-methyl/N-ethyl adjacent to an activating group) is 1. The van der Waals surface area contributed by atoms with Crippen LogP contribution in [-0.2, 0) is 4.74 Å². The third-order valence-corrected chi connectivity index (χ3v) is 2.04. The van der Waals surface area contributed by atoms with Crippen LogP contribution in [0.5, 0.6) is 0 Å². The average Bonchev–Trinajstić information content (AvgIpc) is 1.76. The molecular weight excluding hydrogens is 180 g/mol. The number of ether oxygens (including phenoxy) is 1. The van der Waals surface area contributed by atoms with E-state index >= 15 is 0 Å². The maximum absolute atomic E-state index is 11.4. The van der Waals surface area contributed by atoms with E-state index in [0.717, 1.165) is 13.1 Å². The lowest BCUT2D eigenvalue weighted by Gasteiger charge is -2.46. The second-order valence-electron chi connectivity index (χ2n) is 5.36. The third-order valence-electron chi connectivity index (χ3n) is 2.04. The third kappa shape index (κ3) is 3.18. The molecule has 1 heterocycles. The summed E-state index contributed by atoms with van der Waals surface area (Å²) in [5.74, 6) is 0. The highest BCUT2D eigenvalue weighted by molar-refractivity contribution is 5.69. The fourth-order valence-electron chi connectivity index (χ4n) is 1.77. The van der Waals surface area contributed by atoms with Crippen molar-refractivity contribution in [3.8, 4) is 0 Å². The molecule has 4 heteroatoms. The number of carbonyl (C=O) groups is 1. The van der Waals surface area contributed by atoms with Gasteiger partial charge < -0.3 is 15.0 Å². The minimum atomic E-state index is -0.421. The summed E-state index contributed by atoms with van der Waals surface area (Å²) < 4.78 is 5.18. The highest BCUT2D eigenvalue weighted by Gasteiger charge is 2.38. The first-order valence-corrected chi connectivity index (χ1v) is 4.90. The quantitative estimate of drug-likeness (QED) is 0.692. The normalized spacial score (nSPS) is 21.2. The first-order chi connectivity index (χ1) is 6.20. The first kappa shape index (κ1) is 11.3. The molecule has 1 rings (SSSR count). The molecule has 14 heavy (non-hydrogen) atoms. The van der Waals surface area contributed by atoms with Crippen LogP contribution in [0.2, 0.25) is 0 Å². The van der Waals surface area contributed by atoms with Crippen LogP contribution in [0.3, 0.4) is 0 Å². The second-order valence-corrected chi connectivity index (χ2v) is 5.36. The number of hydrogen-bond donors (Lipinski definition) is 1. The van der Waals surface area contributed by atoms with Crippen molar-refractivity contribution in [3.05, 3.63) is 0 Å². The summed E-state index contributed by atoms with van der Waals surface area (Å²) >= 11 is 0. The molecule has 1 N–H and O–H groups in total. The monoisotopic (exact) mass is 200 g/mol. The Bertz CT molecular complexity index is 227. The predicted molar refractivity (Wildman–Crippen MR) is 55.3 cm³/mol. The van der Waals surface area contributed by atoms with Crippen LogP contribution in [-0.4, -0.2) is 42.3 Å². The maximum atomic E-state index is 11.4. The van der Waals surface area contributed by atoms with Gasteiger partial charge in [-0.2, -0.15) is 0 Å². The minimum absolute atomic E-state index is 0.114. The van der Waals surface area contributed by atoms with E-state index in [1.807, 2.05) is 34.7 Å². The molecule has 0 aromatic carbocycles. The van der Waals surface area contributed by atoms with Crippen LogP contribution in [0.25, 0.3) is 0 Å². The van der Waals surface area contributed by atoms with Crippen LogP contribution in [0.15, 0.2) is 0 Å². The van der Waals surface area contributed by atoms with E-state index in [4.69, 9.17) is 4.74 Å². The van der Waals surface area contributed by atoms with Crippen molar-refractivity contribution in [3.63, 3.8) is 0 Å². The van der Waals surface area contributed by atoms with Gasteiger partial charge in [0.15, 0.2) is 0 Å². The molecule has 1 aliphatic rings. The van der Waals surface area contributed by atoms with Crippen molar-refractivity contribution >= 4 is 6.09 Å². The van der Waals surface area contributed by atoms with Crippen molar-refractivity contribution < 1.29 is 9.53 Å². The number of rotatable bonds is 1. The molecule has 0 atom stereocenters. The van der Waals surface area contributed by atoms with Gasteiger partial charge in [0.1, 0.15) is 5.60 Å². The Morgan fingerprint density at radius 2 is 1.93 bits per heavy atom. The average molecular weight is 200 g/mol. The molecule has 0 spiro atoms. The van der Waals surface area contributed by atoms with Crippen LogP contribution in [0.1, 0.15) is 27.7 Å². The van der Waals surface area contributed by atoms with Gasteiger partial charge in [-0.25, -0.2) is 4.79 Å². The number of hydrogen-bond acceptors (Lipinski definition) is 3. The topological polar surface area (TPSA) is 41.6 Å². The summed E-state index contributed by atoms with van der Waals surface area (Å²) in [6, 6.07) is 0. The van der Waals surface area contributed by atoms with Gasteiger partial charge in [-0.15, -0.1) is 0 Å². The Labute approximate surface area is 85.6 Å². The zero-order valence-corrected chi connectivity index (χ0v) is 9.68. The summed E-state index contributed by atoms with van der Waals surface area (Å²) in [6.45, 7) is 9.38. The Hall–Kier alpha value is -0.770. The van der Waals surface area contributed by atoms with Gasteiger partial charge in [0.25, 0.3) is 0 Å². The van der Waals surface area contributed by atoms with Crippen LogP contribution in [0.4, 0.5) is 4.79 Å². The second kappa shape index (κ2) is 3.42. The number of nitrogens with one attached hydrogen (secondary N) is 1. The van der Waals surface area contributed by atoms with E-state index < -0.39 is 5.60 Å². The molecule has 1 amide bonds. The molecule has 0 bridgehead atoms. The van der Waals surface area contributed by atoms with Crippen LogP contribution < -0.4 is 5.32 Å². The Balaban J connectivity index is 2.35. The van der Waals surface area contributed by atoms with E-state index in [9.17, 15) is 4.79 Å². The first-order valence-electron chi connectivity index (χ1n) is 4.90. The van der Waals surface area contributed by atoms with Crippen LogP contribution in [0, 0.1) is 0 Å². The number of carbonyl (C=O) groups excluding carboxylic acids is 1. The SMILES string of the molecule is CN1CC(C)(NC(=O)OC(C)(C)C)C1. The number of nitrogens with zero attached hydrogens (tertiary/aromatic N) is 1. The van der Waals surface area contributed by atoms with Crippen molar-refractivity contribution in [1.82, 2.24) is 10.2 Å². The van der Waals surface area contributed by atoms with E-state index in [-0.39, 0.29) is 11.6 Å². The van der Waals surface area contributed by atoms with Gasteiger partial charge in [-0.1, -0.05) is 0 Å². The summed E-state index contributed by atoms with van der Waals surface area (Å²) in [6.07, 6.45) is -0.326. The number of likely N-dealkylation sites (tertiary alicyclic amines) is 1. The molecule has 1 fully saturated rings. The minimum Gasteiger partial charge on any atom is -0.444 e. The maximum Gasteiger partial charge on any atom is 0.408 e. The van der Waals surface area contributed by atoms with Gasteiger partial charge in [-0.05, 0) is 34.7 Å². The highest BCUT2D eigenvalue weighted by Crippen LogP contribution is 2.18. The molecule has 0 aromatic rings. The fourth-order valence-corrected chi connectivity index (χ4v) is 1.77. The van der Waals surface area contributed by atoms with Gasteiger partial charge >= 0.3 is 6.09 Å². The molecule has 1 aliphatic heterocycles. The van der Waals surface area contributed by atoms with Gasteiger partial charge in [0.2, 0.25) is 0 Å². The fraction of sp³-hybridized carbons (Fsp3) is 0.900. The van der Waals surface area contributed by atoms with Crippen LogP contribution >= 0.6 is 0 Å². The molecule has 0 unspecified atom stereocenters. The molecule has 1 saturated heterocycles. The number of amides is 1. The van der Waals surface area contributed by atoms with Crippen molar-refractivity contribution in [2.45, 2.75) is 38.8 Å². The highest BCUT2D eigenvalue weighted by atomic mass is 16.6. The van der Waals surface area contributed by atoms with Crippen molar-refractivity contribution in [2.75, 3.05) is 20.1 Å². The van der Waals surface area contributed by atoms with E-state index in [0.29, 0.717) is 0 Å². The molecule has 0 aromatic heterocycles. The lowest BCUT2D eigenvalue weighted by atomic mass is 9.93. The lowest BCUT2D eigenvalue weighted by Crippen LogP contribution is -2.67. The Morgan fingerprint density at radius 1 is 1.43 bits per heavy atom. The number of alkyl carbamates (subject to hydrolysis) is 1. The van der Waals surface area contributed by atoms with E-state index in [2.05, 4.69) is 10.2 Å². The zero-order chi connectivity index (χ0) is 11.0. The summed E-state index contributed by atoms with van der Waals surface area (Å²) in [7, 11) is 2.03. The molecular formula is C10H20N2O2. The molecule has 0 radical (unpaired) electrons. The van der Waals surface area contributed by atoms with Gasteiger partial charge in [0.05, 0.1) is 5.54 Å². The smallest absolute Gasteiger partial charge is 0.408 e.